The lowest BCUT2D eigenvalue weighted by Crippen LogP contribution is -2.41. The highest BCUT2D eigenvalue weighted by molar-refractivity contribution is 7.89. The maximum Gasteiger partial charge on any atom is 0.268 e. The molecule has 0 saturated carbocycles. The monoisotopic (exact) mass is 499 g/mol. The normalized spacial score (nSPS) is 14.5. The van der Waals surface area contributed by atoms with Crippen LogP contribution in [0.3, 0.4) is 0 Å². The number of carbonyl (C=O) groups excluding carboxylic acids is 2. The van der Waals surface area contributed by atoms with Crippen LogP contribution in [-0.4, -0.2) is 57.9 Å². The number of anilines is 1. The van der Waals surface area contributed by atoms with Crippen molar-refractivity contribution in [3.63, 3.8) is 0 Å². The molecule has 1 aliphatic heterocycles. The molecular weight excluding hydrogens is 474 g/mol. The first-order valence-corrected chi connectivity index (χ1v) is 13.1. The third kappa shape index (κ3) is 5.05. The molecule has 4 rings (SSSR count). The van der Waals surface area contributed by atoms with Crippen LogP contribution in [0.25, 0.3) is 0 Å². The first-order chi connectivity index (χ1) is 16.4. The molecule has 10 heteroatoms. The molecule has 2 heterocycles. The highest BCUT2D eigenvalue weighted by atomic mass is 32.2. The zero-order valence-electron chi connectivity index (χ0n) is 18.6. The molecule has 1 fully saturated rings. The molecule has 2 aromatic carbocycles. The summed E-state index contributed by atoms with van der Waals surface area (Å²) in [4.78, 5) is 28.1. The molecule has 1 aliphatic rings. The minimum Gasteiger partial charge on any atom is -0.379 e. The van der Waals surface area contributed by atoms with Crippen molar-refractivity contribution in [1.82, 2.24) is 9.62 Å². The lowest BCUT2D eigenvalue weighted by atomic mass is 10.1. The van der Waals surface area contributed by atoms with E-state index in [2.05, 4.69) is 5.32 Å². The van der Waals surface area contributed by atoms with E-state index < -0.39 is 15.9 Å². The van der Waals surface area contributed by atoms with Gasteiger partial charge in [-0.05, 0) is 35.2 Å². The van der Waals surface area contributed by atoms with Crippen molar-refractivity contribution in [3.8, 4) is 0 Å². The second-order valence-electron chi connectivity index (χ2n) is 7.67. The molecule has 0 bridgehead atoms. The molecule has 1 saturated heterocycles. The van der Waals surface area contributed by atoms with Crippen molar-refractivity contribution in [1.29, 1.82) is 0 Å². The van der Waals surface area contributed by atoms with Gasteiger partial charge in [-0.2, -0.15) is 4.31 Å². The number of thiophene rings is 1. The minimum absolute atomic E-state index is 0.0233. The highest BCUT2D eigenvalue weighted by Gasteiger charge is 2.28. The maximum absolute atomic E-state index is 13.2. The molecule has 0 unspecified atom stereocenters. The van der Waals surface area contributed by atoms with Gasteiger partial charge in [0.15, 0.2) is 0 Å². The third-order valence-corrected chi connectivity index (χ3v) is 8.40. The summed E-state index contributed by atoms with van der Waals surface area (Å²) < 4.78 is 33.0. The van der Waals surface area contributed by atoms with Gasteiger partial charge in [0.05, 0.1) is 34.2 Å². The van der Waals surface area contributed by atoms with Crippen molar-refractivity contribution in [2.45, 2.75) is 11.4 Å². The molecule has 0 spiro atoms. The Balaban J connectivity index is 1.53. The van der Waals surface area contributed by atoms with Gasteiger partial charge in [0, 0.05) is 26.7 Å². The molecule has 2 amide bonds. The number of nitrogens with one attached hydrogen (secondary N) is 1. The molecule has 3 aromatic rings. The molecule has 0 radical (unpaired) electrons. The number of amides is 2. The first-order valence-electron chi connectivity index (χ1n) is 10.7. The molecule has 1 N–H and O–H groups in total. The number of rotatable bonds is 7. The highest BCUT2D eigenvalue weighted by Crippen LogP contribution is 2.24. The van der Waals surface area contributed by atoms with Crippen LogP contribution < -0.4 is 10.2 Å². The van der Waals surface area contributed by atoms with Crippen LogP contribution in [0.4, 0.5) is 5.69 Å². The topological polar surface area (TPSA) is 96.0 Å². The predicted molar refractivity (Wildman–Crippen MR) is 131 cm³/mol. The summed E-state index contributed by atoms with van der Waals surface area (Å²) in [6, 6.07) is 17.0. The molecular formula is C24H25N3O5S2. The number of nitrogens with zero attached hydrogens (tertiary/aromatic N) is 2. The van der Waals surface area contributed by atoms with Gasteiger partial charge in [-0.15, -0.1) is 11.3 Å². The van der Waals surface area contributed by atoms with E-state index in [0.29, 0.717) is 48.0 Å². The van der Waals surface area contributed by atoms with Crippen molar-refractivity contribution in [3.05, 3.63) is 82.0 Å². The number of hydrogen-bond acceptors (Lipinski definition) is 6. The lowest BCUT2D eigenvalue weighted by molar-refractivity contribution is 0.0730. The molecule has 0 atom stereocenters. The Hall–Kier alpha value is -3.05. The van der Waals surface area contributed by atoms with Crippen LogP contribution in [0.2, 0.25) is 0 Å². The van der Waals surface area contributed by atoms with E-state index in [9.17, 15) is 18.0 Å². The second kappa shape index (κ2) is 10.5. The van der Waals surface area contributed by atoms with E-state index in [1.807, 2.05) is 5.38 Å². The summed E-state index contributed by atoms with van der Waals surface area (Å²) in [5.41, 5.74) is 1.28. The Morgan fingerprint density at radius 3 is 2.47 bits per heavy atom. The fourth-order valence-corrected chi connectivity index (χ4v) is 6.06. The molecule has 0 aliphatic carbocycles. The van der Waals surface area contributed by atoms with Gasteiger partial charge in [0.2, 0.25) is 10.0 Å². The van der Waals surface area contributed by atoms with Crippen LogP contribution in [0.5, 0.6) is 0 Å². The summed E-state index contributed by atoms with van der Waals surface area (Å²) >= 11 is 1.33. The Labute approximate surface area is 202 Å². The van der Waals surface area contributed by atoms with E-state index >= 15 is 0 Å². The van der Waals surface area contributed by atoms with Gasteiger partial charge < -0.3 is 15.0 Å². The summed E-state index contributed by atoms with van der Waals surface area (Å²) in [6.07, 6.45) is 0. The number of ether oxygens (including phenoxy) is 1. The van der Waals surface area contributed by atoms with Gasteiger partial charge in [0.25, 0.3) is 11.8 Å². The van der Waals surface area contributed by atoms with Crippen molar-refractivity contribution in [2.24, 2.45) is 0 Å². The lowest BCUT2D eigenvalue weighted by Gasteiger charge is -2.27. The average molecular weight is 500 g/mol. The van der Waals surface area contributed by atoms with Gasteiger partial charge >= 0.3 is 0 Å². The predicted octanol–water partition coefficient (Wildman–Crippen LogP) is 2.98. The smallest absolute Gasteiger partial charge is 0.268 e. The number of sulfonamides is 1. The average Bonchev–Trinajstić information content (AvgIpc) is 3.42. The van der Waals surface area contributed by atoms with E-state index in [-0.39, 0.29) is 17.3 Å². The third-order valence-electron chi connectivity index (χ3n) is 5.55. The van der Waals surface area contributed by atoms with E-state index in [1.165, 1.54) is 20.5 Å². The Kier molecular flexibility index (Phi) is 7.42. The fraction of sp³-hybridized carbons (Fsp3) is 0.250. The van der Waals surface area contributed by atoms with E-state index in [4.69, 9.17) is 4.74 Å². The van der Waals surface area contributed by atoms with Gasteiger partial charge in [0.1, 0.15) is 0 Å². The Morgan fingerprint density at radius 2 is 1.74 bits per heavy atom. The Morgan fingerprint density at radius 1 is 1.03 bits per heavy atom. The largest absolute Gasteiger partial charge is 0.379 e. The molecule has 8 nitrogen and oxygen atoms in total. The summed E-state index contributed by atoms with van der Waals surface area (Å²) in [6.45, 7) is 1.32. The zero-order valence-corrected chi connectivity index (χ0v) is 20.3. The molecule has 1 aromatic heterocycles. The second-order valence-corrected chi connectivity index (χ2v) is 10.5. The zero-order chi connectivity index (χ0) is 24.1. The number of hydrogen-bond donors (Lipinski definition) is 1. The molecule has 178 valence electrons. The maximum atomic E-state index is 13.2. The minimum atomic E-state index is -3.71. The van der Waals surface area contributed by atoms with Crippen molar-refractivity contribution < 1.29 is 22.7 Å². The molecule has 34 heavy (non-hydrogen) atoms. The van der Waals surface area contributed by atoms with Crippen molar-refractivity contribution in [2.75, 3.05) is 38.3 Å². The number of morpholine rings is 1. The van der Waals surface area contributed by atoms with Crippen LogP contribution >= 0.6 is 11.3 Å². The SMILES string of the molecule is CN(C(=O)c1cccs1)c1ccccc1C(=O)NCc1ccccc1S(=O)(=O)N1CCOCC1. The first kappa shape index (κ1) is 24.1. The van der Waals surface area contributed by atoms with E-state index in [0.717, 1.165) is 0 Å². The summed E-state index contributed by atoms with van der Waals surface area (Å²) in [5.74, 6) is -0.614. The van der Waals surface area contributed by atoms with Gasteiger partial charge in [-0.1, -0.05) is 36.4 Å². The van der Waals surface area contributed by atoms with Gasteiger partial charge in [-0.3, -0.25) is 9.59 Å². The fourth-order valence-electron chi connectivity index (χ4n) is 3.73. The van der Waals surface area contributed by atoms with Gasteiger partial charge in [-0.25, -0.2) is 8.42 Å². The van der Waals surface area contributed by atoms with Crippen LogP contribution in [0.1, 0.15) is 25.6 Å². The number of carbonyl (C=O) groups is 2. The summed E-state index contributed by atoms with van der Waals surface area (Å²) in [7, 11) is -2.09. The van der Waals surface area contributed by atoms with Crippen LogP contribution in [0.15, 0.2) is 70.9 Å². The van der Waals surface area contributed by atoms with Crippen LogP contribution in [-0.2, 0) is 21.3 Å². The number of para-hydroxylation sites is 1. The quantitative estimate of drug-likeness (QED) is 0.539. The number of benzene rings is 2. The Bertz CT molecular complexity index is 1270. The summed E-state index contributed by atoms with van der Waals surface area (Å²) in [5, 5.41) is 4.64. The van der Waals surface area contributed by atoms with Crippen LogP contribution in [0, 0.1) is 0 Å². The standard InChI is InChI=1S/C24H25N3O5S2/c1-26(24(29)21-10-6-16-33-21)20-9-4-3-8-19(20)23(28)25-17-18-7-2-5-11-22(18)34(30,31)27-12-14-32-15-13-27/h2-11,16H,12-15,17H2,1H3,(H,25,28). The van der Waals surface area contributed by atoms with Crippen molar-refractivity contribution >= 4 is 38.9 Å². The van der Waals surface area contributed by atoms with E-state index in [1.54, 1.807) is 67.7 Å².